The van der Waals surface area contributed by atoms with Crippen LogP contribution in [0.3, 0.4) is 0 Å². The number of aromatic amines is 1. The van der Waals surface area contributed by atoms with Crippen molar-refractivity contribution in [2.24, 2.45) is 0 Å². The first-order valence-corrected chi connectivity index (χ1v) is 9.27. The van der Waals surface area contributed by atoms with Gasteiger partial charge in [-0.25, -0.2) is 8.42 Å². The molecule has 9 heteroatoms. The summed E-state index contributed by atoms with van der Waals surface area (Å²) in [6, 6.07) is 9.58. The molecule has 0 saturated heterocycles. The van der Waals surface area contributed by atoms with Gasteiger partial charge in [-0.15, -0.1) is 0 Å². The van der Waals surface area contributed by atoms with Crippen LogP contribution < -0.4 is 4.31 Å². The Labute approximate surface area is 150 Å². The minimum absolute atomic E-state index is 0.00308. The Balaban J connectivity index is 2.14. The first-order valence-electron chi connectivity index (χ1n) is 7.03. The summed E-state index contributed by atoms with van der Waals surface area (Å²) in [5.41, 5.74) is -0.203. The predicted octanol–water partition coefficient (Wildman–Crippen LogP) is 4.77. The molecular weight excluding hydrogens is 421 g/mol. The minimum Gasteiger partial charge on any atom is -0.360 e. The second-order valence-corrected chi connectivity index (χ2v) is 8.22. The standard InChI is InChI=1S/C16H12BrF3N2O2S/c1-22(12-4-2-3-11(17)8-12)25(23,24)15-9-21-14-6-5-10(7-13(14)15)16(18,19)20/h2-9,21H,1H3. The lowest BCUT2D eigenvalue weighted by molar-refractivity contribution is -0.137. The second kappa shape index (κ2) is 6.06. The van der Waals surface area contributed by atoms with Crippen molar-refractivity contribution >= 4 is 42.5 Å². The summed E-state index contributed by atoms with van der Waals surface area (Å²) in [6.45, 7) is 0. The normalized spacial score (nSPS) is 12.5. The Kier molecular flexibility index (Phi) is 4.32. The highest BCUT2D eigenvalue weighted by Crippen LogP contribution is 2.34. The molecule has 0 aliphatic rings. The van der Waals surface area contributed by atoms with Crippen LogP contribution in [0.15, 0.2) is 58.0 Å². The summed E-state index contributed by atoms with van der Waals surface area (Å²) in [6.07, 6.45) is -3.35. The number of alkyl halides is 3. The largest absolute Gasteiger partial charge is 0.416 e. The van der Waals surface area contributed by atoms with Gasteiger partial charge in [0.2, 0.25) is 0 Å². The molecule has 0 atom stereocenters. The number of halogens is 4. The van der Waals surface area contributed by atoms with Crippen molar-refractivity contribution in [1.29, 1.82) is 0 Å². The van der Waals surface area contributed by atoms with E-state index in [1.54, 1.807) is 24.3 Å². The van der Waals surface area contributed by atoms with Crippen molar-refractivity contribution in [3.05, 3.63) is 58.7 Å². The van der Waals surface area contributed by atoms with Gasteiger partial charge in [0.15, 0.2) is 0 Å². The molecule has 0 spiro atoms. The molecule has 0 unspecified atom stereocenters. The number of hydrogen-bond donors (Lipinski definition) is 1. The van der Waals surface area contributed by atoms with Crippen LogP contribution >= 0.6 is 15.9 Å². The average molecular weight is 433 g/mol. The highest BCUT2D eigenvalue weighted by atomic mass is 79.9. The number of nitrogens with one attached hydrogen (secondary N) is 1. The molecule has 25 heavy (non-hydrogen) atoms. The molecule has 0 aliphatic heterocycles. The van der Waals surface area contributed by atoms with Gasteiger partial charge in [-0.1, -0.05) is 22.0 Å². The lowest BCUT2D eigenvalue weighted by atomic mass is 10.1. The molecular formula is C16H12BrF3N2O2S. The second-order valence-electron chi connectivity index (χ2n) is 5.36. The van der Waals surface area contributed by atoms with Gasteiger partial charge in [-0.05, 0) is 36.4 Å². The van der Waals surface area contributed by atoms with E-state index in [4.69, 9.17) is 0 Å². The van der Waals surface area contributed by atoms with Crippen molar-refractivity contribution in [2.45, 2.75) is 11.1 Å². The minimum atomic E-state index is -4.55. The highest BCUT2D eigenvalue weighted by molar-refractivity contribution is 9.10. The van der Waals surface area contributed by atoms with E-state index in [9.17, 15) is 21.6 Å². The van der Waals surface area contributed by atoms with Gasteiger partial charge in [0, 0.05) is 28.6 Å². The number of anilines is 1. The fourth-order valence-electron chi connectivity index (χ4n) is 2.44. The zero-order valence-electron chi connectivity index (χ0n) is 12.8. The molecule has 0 aliphatic carbocycles. The Bertz CT molecular complexity index is 1040. The number of benzene rings is 2. The van der Waals surface area contributed by atoms with Gasteiger partial charge >= 0.3 is 6.18 Å². The summed E-state index contributed by atoms with van der Waals surface area (Å²) < 4.78 is 66.3. The first kappa shape index (κ1) is 17.8. The number of nitrogens with zero attached hydrogens (tertiary/aromatic N) is 1. The van der Waals surface area contributed by atoms with Crippen molar-refractivity contribution in [3.8, 4) is 0 Å². The molecule has 1 heterocycles. The topological polar surface area (TPSA) is 53.2 Å². The van der Waals surface area contributed by atoms with Gasteiger partial charge in [0.05, 0.1) is 11.3 Å². The van der Waals surface area contributed by atoms with Crippen molar-refractivity contribution in [2.75, 3.05) is 11.4 Å². The Hall–Kier alpha value is -2.00. The first-order chi connectivity index (χ1) is 11.6. The highest BCUT2D eigenvalue weighted by Gasteiger charge is 2.32. The third-order valence-electron chi connectivity index (χ3n) is 3.78. The monoisotopic (exact) mass is 432 g/mol. The smallest absolute Gasteiger partial charge is 0.360 e. The van der Waals surface area contributed by atoms with Crippen LogP contribution in [0.4, 0.5) is 18.9 Å². The SMILES string of the molecule is CN(c1cccc(Br)c1)S(=O)(=O)c1c[nH]c2ccc(C(F)(F)F)cc12. The fourth-order valence-corrected chi connectivity index (χ4v) is 4.17. The van der Waals surface area contributed by atoms with Gasteiger partial charge in [0.25, 0.3) is 10.0 Å². The van der Waals surface area contributed by atoms with E-state index in [1.165, 1.54) is 19.3 Å². The molecule has 0 fully saturated rings. The molecule has 0 saturated carbocycles. The summed E-state index contributed by atoms with van der Waals surface area (Å²) in [4.78, 5) is 2.50. The lowest BCUT2D eigenvalue weighted by Gasteiger charge is -2.19. The van der Waals surface area contributed by atoms with E-state index in [0.29, 0.717) is 15.7 Å². The molecule has 4 nitrogen and oxygen atoms in total. The van der Waals surface area contributed by atoms with Crippen LogP contribution in [0.2, 0.25) is 0 Å². The van der Waals surface area contributed by atoms with E-state index in [-0.39, 0.29) is 10.3 Å². The molecule has 3 rings (SSSR count). The van der Waals surface area contributed by atoms with E-state index < -0.39 is 21.8 Å². The number of rotatable bonds is 3. The molecule has 1 aromatic heterocycles. The molecule has 2 aromatic carbocycles. The predicted molar refractivity (Wildman–Crippen MR) is 93.0 cm³/mol. The molecule has 0 bridgehead atoms. The van der Waals surface area contributed by atoms with Gasteiger partial charge < -0.3 is 4.98 Å². The van der Waals surface area contributed by atoms with E-state index in [1.807, 2.05) is 0 Å². The van der Waals surface area contributed by atoms with Crippen LogP contribution in [0, 0.1) is 0 Å². The third kappa shape index (κ3) is 3.25. The maximum Gasteiger partial charge on any atom is 0.416 e. The quantitative estimate of drug-likeness (QED) is 0.647. The Morgan fingerprint density at radius 2 is 1.84 bits per heavy atom. The molecule has 3 aromatic rings. The maximum atomic E-state index is 12.9. The number of aromatic nitrogens is 1. The van der Waals surface area contributed by atoms with Crippen LogP contribution in [0.1, 0.15) is 5.56 Å². The van der Waals surface area contributed by atoms with Crippen LogP contribution in [0.5, 0.6) is 0 Å². The zero-order valence-corrected chi connectivity index (χ0v) is 15.2. The van der Waals surface area contributed by atoms with Crippen molar-refractivity contribution in [3.63, 3.8) is 0 Å². The average Bonchev–Trinajstić information content (AvgIpc) is 2.97. The summed E-state index contributed by atoms with van der Waals surface area (Å²) in [5.74, 6) is 0. The number of sulfonamides is 1. The van der Waals surface area contributed by atoms with Crippen molar-refractivity contribution in [1.82, 2.24) is 4.98 Å². The zero-order chi connectivity index (χ0) is 18.4. The molecule has 1 N–H and O–H groups in total. The van der Waals surface area contributed by atoms with Crippen LogP contribution in [-0.2, 0) is 16.2 Å². The summed E-state index contributed by atoms with van der Waals surface area (Å²) in [7, 11) is -2.69. The third-order valence-corrected chi connectivity index (χ3v) is 6.10. The Morgan fingerprint density at radius 1 is 1.12 bits per heavy atom. The van der Waals surface area contributed by atoms with Crippen molar-refractivity contribution < 1.29 is 21.6 Å². The number of fused-ring (bicyclic) bond motifs is 1. The van der Waals surface area contributed by atoms with Gasteiger partial charge in [0.1, 0.15) is 4.90 Å². The number of H-pyrrole nitrogens is 1. The molecule has 132 valence electrons. The van der Waals surface area contributed by atoms with E-state index in [2.05, 4.69) is 20.9 Å². The van der Waals surface area contributed by atoms with Gasteiger partial charge in [-0.2, -0.15) is 13.2 Å². The summed E-state index contributed by atoms with van der Waals surface area (Å²) in [5, 5.41) is -0.00308. The Morgan fingerprint density at radius 3 is 2.48 bits per heavy atom. The van der Waals surface area contributed by atoms with E-state index >= 15 is 0 Å². The molecule has 0 radical (unpaired) electrons. The number of hydrogen-bond acceptors (Lipinski definition) is 2. The lowest BCUT2D eigenvalue weighted by Crippen LogP contribution is -2.26. The van der Waals surface area contributed by atoms with E-state index in [0.717, 1.165) is 16.4 Å². The fraction of sp³-hybridized carbons (Fsp3) is 0.125. The van der Waals surface area contributed by atoms with Crippen LogP contribution in [-0.4, -0.2) is 20.4 Å². The maximum absolute atomic E-state index is 12.9. The van der Waals surface area contributed by atoms with Crippen LogP contribution in [0.25, 0.3) is 10.9 Å². The summed E-state index contributed by atoms with van der Waals surface area (Å²) >= 11 is 3.26. The van der Waals surface area contributed by atoms with Gasteiger partial charge in [-0.3, -0.25) is 4.31 Å². The molecule has 0 amide bonds.